The summed E-state index contributed by atoms with van der Waals surface area (Å²) in [4.78, 5) is 25.9. The second kappa shape index (κ2) is 3.80. The average Bonchev–Trinajstić information content (AvgIpc) is 1.81. The zero-order valence-electron chi connectivity index (χ0n) is 5.01. The van der Waals surface area contributed by atoms with Crippen molar-refractivity contribution in [2.75, 3.05) is 6.61 Å². The summed E-state index contributed by atoms with van der Waals surface area (Å²) in [5, 5.41) is 0. The maximum absolute atomic E-state index is 9.95. The Hall–Kier alpha value is -0.260. The van der Waals surface area contributed by atoms with Crippen LogP contribution < -0.4 is 5.73 Å². The maximum atomic E-state index is 9.95. The van der Waals surface area contributed by atoms with Gasteiger partial charge in [-0.05, 0) is 0 Å². The Labute approximate surface area is 57.2 Å². The second-order valence-corrected chi connectivity index (χ2v) is 2.83. The fraction of sp³-hybridized carbons (Fsp3) is 0.667. The van der Waals surface area contributed by atoms with Gasteiger partial charge in [-0.2, -0.15) is 0 Å². The predicted octanol–water partition coefficient (Wildman–Crippen LogP) is -1.38. The second-order valence-electron chi connectivity index (χ2n) is 1.59. The summed E-state index contributed by atoms with van der Waals surface area (Å²) in [7, 11) is -4.47. The van der Waals surface area contributed by atoms with Crippen molar-refractivity contribution in [2.45, 2.75) is 6.04 Å². The van der Waals surface area contributed by atoms with Gasteiger partial charge < -0.3 is 20.3 Å². The predicted molar refractivity (Wildman–Crippen MR) is 32.0 cm³/mol. The van der Waals surface area contributed by atoms with Crippen molar-refractivity contribution >= 4 is 14.1 Å². The van der Waals surface area contributed by atoms with Gasteiger partial charge in [0.15, 0.2) is 0 Å². The van der Waals surface area contributed by atoms with E-state index < -0.39 is 20.5 Å². The van der Waals surface area contributed by atoms with Crippen molar-refractivity contribution < 1.29 is 23.7 Å². The van der Waals surface area contributed by atoms with Crippen LogP contribution in [0, 0.1) is 0 Å². The van der Waals surface area contributed by atoms with Gasteiger partial charge in [0.05, 0.1) is 12.6 Å². The van der Waals surface area contributed by atoms with Crippen molar-refractivity contribution in [3.8, 4) is 0 Å². The molecule has 0 rings (SSSR count). The third-order valence-corrected chi connectivity index (χ3v) is 1.10. The Balaban J connectivity index is 3.55. The molecule has 0 unspecified atom stereocenters. The Morgan fingerprint density at radius 2 is 2.20 bits per heavy atom. The van der Waals surface area contributed by atoms with Crippen molar-refractivity contribution in [1.29, 1.82) is 0 Å². The van der Waals surface area contributed by atoms with Crippen LogP contribution in [0.15, 0.2) is 0 Å². The molecule has 0 bridgehead atoms. The van der Waals surface area contributed by atoms with Gasteiger partial charge in [-0.1, -0.05) is 0 Å². The van der Waals surface area contributed by atoms with Crippen LogP contribution in [-0.4, -0.2) is 28.7 Å². The van der Waals surface area contributed by atoms with Gasteiger partial charge in [0.25, 0.3) is 0 Å². The molecule has 0 aromatic rings. The number of phosphoric acid groups is 1. The molecule has 0 saturated carbocycles. The van der Waals surface area contributed by atoms with E-state index in [4.69, 9.17) is 15.5 Å². The molecule has 10 heavy (non-hydrogen) atoms. The van der Waals surface area contributed by atoms with Gasteiger partial charge in [0, 0.05) is 0 Å². The molecule has 0 aromatic carbocycles. The van der Waals surface area contributed by atoms with Gasteiger partial charge >= 0.3 is 7.82 Å². The first kappa shape index (κ1) is 9.74. The summed E-state index contributed by atoms with van der Waals surface area (Å²) in [5.74, 6) is 0. The molecule has 0 heterocycles. The summed E-state index contributed by atoms with van der Waals surface area (Å²) in [5.41, 5.74) is 4.94. The van der Waals surface area contributed by atoms with Crippen molar-refractivity contribution in [1.82, 2.24) is 0 Å². The number of carbonyl (C=O) groups is 1. The Morgan fingerprint density at radius 1 is 1.70 bits per heavy atom. The highest BCUT2D eigenvalue weighted by Crippen LogP contribution is 2.35. The molecule has 0 aromatic heterocycles. The summed E-state index contributed by atoms with van der Waals surface area (Å²) in [6.45, 7) is -0.465. The van der Waals surface area contributed by atoms with Crippen LogP contribution in [0.2, 0.25) is 0 Å². The van der Waals surface area contributed by atoms with Crippen LogP contribution in [0.3, 0.4) is 0 Å². The van der Waals surface area contributed by atoms with E-state index in [2.05, 4.69) is 4.52 Å². The number of nitrogens with two attached hydrogens (primary N) is 1. The average molecular weight is 169 g/mol. The molecular formula is C3H8NO5P. The Bertz CT molecular complexity index is 153. The smallest absolute Gasteiger partial charge is 0.320 e. The number of aldehydes is 1. The molecule has 1 atom stereocenters. The van der Waals surface area contributed by atoms with Crippen LogP contribution >= 0.6 is 7.82 Å². The zero-order chi connectivity index (χ0) is 8.20. The molecule has 7 heteroatoms. The standard InChI is InChI=1S/C3H8NO5P/c4-3(1-5)2-9-10(6,7)8/h1,3H,2,4H2,(H2,6,7,8)/t3-/m0/s1. The number of phosphoric ester groups is 1. The van der Waals surface area contributed by atoms with E-state index >= 15 is 0 Å². The van der Waals surface area contributed by atoms with Gasteiger partial charge in [0.1, 0.15) is 6.29 Å². The quantitative estimate of drug-likeness (QED) is 0.353. The fourth-order valence-corrected chi connectivity index (χ4v) is 0.589. The molecule has 6 nitrogen and oxygen atoms in total. The lowest BCUT2D eigenvalue weighted by Gasteiger charge is -2.05. The first-order chi connectivity index (χ1) is 4.45. The molecule has 0 saturated heterocycles. The first-order valence-electron chi connectivity index (χ1n) is 2.36. The van der Waals surface area contributed by atoms with Gasteiger partial charge in [-0.15, -0.1) is 0 Å². The first-order valence-corrected chi connectivity index (χ1v) is 3.89. The summed E-state index contributed by atoms with van der Waals surface area (Å²) in [6, 6.07) is -0.979. The lowest BCUT2D eigenvalue weighted by molar-refractivity contribution is -0.109. The molecule has 0 aliphatic rings. The molecule has 0 radical (unpaired) electrons. The van der Waals surface area contributed by atoms with E-state index in [9.17, 15) is 9.36 Å². The SMILES string of the molecule is N[C@@H](C=O)COP(=O)(O)O. The minimum absolute atomic E-state index is 0.343. The highest BCUT2D eigenvalue weighted by atomic mass is 31.2. The van der Waals surface area contributed by atoms with E-state index in [-0.39, 0.29) is 0 Å². The van der Waals surface area contributed by atoms with Crippen LogP contribution in [0.25, 0.3) is 0 Å². The largest absolute Gasteiger partial charge is 0.469 e. The van der Waals surface area contributed by atoms with E-state index in [0.29, 0.717) is 6.29 Å². The molecule has 0 spiro atoms. The van der Waals surface area contributed by atoms with E-state index in [1.165, 1.54) is 0 Å². The van der Waals surface area contributed by atoms with E-state index in [0.717, 1.165) is 0 Å². The zero-order valence-corrected chi connectivity index (χ0v) is 5.90. The molecule has 0 aliphatic heterocycles. The van der Waals surface area contributed by atoms with E-state index in [1.54, 1.807) is 0 Å². The molecule has 0 aliphatic carbocycles. The van der Waals surface area contributed by atoms with Crippen LogP contribution in [0.1, 0.15) is 0 Å². The Morgan fingerprint density at radius 3 is 2.50 bits per heavy atom. The monoisotopic (exact) mass is 169 g/mol. The van der Waals surface area contributed by atoms with Crippen LogP contribution in [0.5, 0.6) is 0 Å². The number of hydrogen-bond donors (Lipinski definition) is 3. The normalized spacial score (nSPS) is 14.7. The van der Waals surface area contributed by atoms with Crippen molar-refractivity contribution in [2.24, 2.45) is 5.73 Å². The lowest BCUT2D eigenvalue weighted by atomic mass is 10.4. The number of hydrogen-bond acceptors (Lipinski definition) is 4. The topological polar surface area (TPSA) is 110 Å². The van der Waals surface area contributed by atoms with Crippen molar-refractivity contribution in [3.05, 3.63) is 0 Å². The minimum Gasteiger partial charge on any atom is -0.320 e. The van der Waals surface area contributed by atoms with Crippen LogP contribution in [-0.2, 0) is 13.9 Å². The maximum Gasteiger partial charge on any atom is 0.469 e. The van der Waals surface area contributed by atoms with Crippen LogP contribution in [0.4, 0.5) is 0 Å². The summed E-state index contributed by atoms with van der Waals surface area (Å²) >= 11 is 0. The molecular weight excluding hydrogens is 161 g/mol. The Kier molecular flexibility index (Phi) is 3.70. The highest BCUT2D eigenvalue weighted by molar-refractivity contribution is 7.46. The summed E-state index contributed by atoms with van der Waals surface area (Å²) < 4.78 is 13.8. The molecule has 0 fully saturated rings. The lowest BCUT2D eigenvalue weighted by Crippen LogP contribution is -2.26. The third kappa shape index (κ3) is 5.87. The van der Waals surface area contributed by atoms with Crippen molar-refractivity contribution in [3.63, 3.8) is 0 Å². The molecule has 4 N–H and O–H groups in total. The minimum atomic E-state index is -4.47. The third-order valence-electron chi connectivity index (χ3n) is 0.610. The summed E-state index contributed by atoms with van der Waals surface area (Å²) in [6.07, 6.45) is 0.343. The van der Waals surface area contributed by atoms with Gasteiger partial charge in [-0.25, -0.2) is 4.57 Å². The number of carbonyl (C=O) groups excluding carboxylic acids is 1. The highest BCUT2D eigenvalue weighted by Gasteiger charge is 2.15. The molecule has 60 valence electrons. The van der Waals surface area contributed by atoms with Gasteiger partial charge in [-0.3, -0.25) is 4.52 Å². The molecule has 0 amide bonds. The number of rotatable bonds is 4. The fourth-order valence-electron chi connectivity index (χ4n) is 0.222. The van der Waals surface area contributed by atoms with Gasteiger partial charge in [0.2, 0.25) is 0 Å². The van der Waals surface area contributed by atoms with E-state index in [1.807, 2.05) is 0 Å².